The summed E-state index contributed by atoms with van der Waals surface area (Å²) < 4.78 is 5.91. The summed E-state index contributed by atoms with van der Waals surface area (Å²) in [5.74, 6) is 0.756. The van der Waals surface area contributed by atoms with Gasteiger partial charge in [0, 0.05) is 16.3 Å². The minimum Gasteiger partial charge on any atom is -0.456 e. The summed E-state index contributed by atoms with van der Waals surface area (Å²) >= 11 is 0. The Morgan fingerprint density at radius 3 is 2.81 bits per heavy atom. The van der Waals surface area contributed by atoms with Gasteiger partial charge in [-0.1, -0.05) is 24.3 Å². The fraction of sp³-hybridized carbons (Fsp3) is 0.0588. The van der Waals surface area contributed by atoms with Gasteiger partial charge in [-0.2, -0.15) is 10.2 Å². The first kappa shape index (κ1) is 12.1. The molecule has 0 bridgehead atoms. The monoisotopic (exact) mass is 276 g/mol. The van der Waals surface area contributed by atoms with E-state index in [1.54, 1.807) is 6.20 Å². The molecule has 0 aliphatic carbocycles. The number of nitrogens with zero attached hydrogens (tertiary/aromatic N) is 2. The number of para-hydroxylation sites is 1. The van der Waals surface area contributed by atoms with Crippen LogP contribution in [-0.2, 0) is 6.61 Å². The standard InChI is InChI=1S/C17H12N2O2/c20-10-11-5-6-15-13(7-11)14(9-18-19-15)17-8-12-3-1-2-4-16(12)21-17/h1-9,20H,10H2. The molecule has 0 amide bonds. The predicted molar refractivity (Wildman–Crippen MR) is 80.7 cm³/mol. The summed E-state index contributed by atoms with van der Waals surface area (Å²) in [6.07, 6.45) is 1.70. The van der Waals surface area contributed by atoms with Crippen LogP contribution in [0.4, 0.5) is 0 Å². The number of hydrogen-bond donors (Lipinski definition) is 1. The maximum Gasteiger partial charge on any atom is 0.137 e. The molecule has 4 heteroatoms. The maximum absolute atomic E-state index is 9.31. The second-order valence-corrected chi connectivity index (χ2v) is 4.92. The van der Waals surface area contributed by atoms with Crippen molar-refractivity contribution in [3.63, 3.8) is 0 Å². The zero-order valence-electron chi connectivity index (χ0n) is 11.2. The second kappa shape index (κ2) is 4.68. The zero-order valence-corrected chi connectivity index (χ0v) is 11.2. The Balaban J connectivity index is 2.00. The van der Waals surface area contributed by atoms with Gasteiger partial charge in [-0.15, -0.1) is 0 Å². The van der Waals surface area contributed by atoms with E-state index in [1.807, 2.05) is 48.5 Å². The van der Waals surface area contributed by atoms with Crippen LogP contribution in [0, 0.1) is 0 Å². The van der Waals surface area contributed by atoms with Crippen LogP contribution >= 0.6 is 0 Å². The van der Waals surface area contributed by atoms with Crippen LogP contribution in [0.1, 0.15) is 5.56 Å². The largest absolute Gasteiger partial charge is 0.456 e. The lowest BCUT2D eigenvalue weighted by molar-refractivity contribution is 0.282. The molecular weight excluding hydrogens is 264 g/mol. The lowest BCUT2D eigenvalue weighted by Crippen LogP contribution is -1.90. The van der Waals surface area contributed by atoms with Crippen LogP contribution in [0.3, 0.4) is 0 Å². The highest BCUT2D eigenvalue weighted by atomic mass is 16.3. The van der Waals surface area contributed by atoms with E-state index in [1.165, 1.54) is 0 Å². The van der Waals surface area contributed by atoms with E-state index in [9.17, 15) is 5.11 Å². The lowest BCUT2D eigenvalue weighted by Gasteiger charge is -2.04. The van der Waals surface area contributed by atoms with E-state index in [4.69, 9.17) is 4.42 Å². The number of fused-ring (bicyclic) bond motifs is 2. The summed E-state index contributed by atoms with van der Waals surface area (Å²) in [5, 5.41) is 19.5. The normalized spacial score (nSPS) is 11.3. The molecule has 0 radical (unpaired) electrons. The van der Waals surface area contributed by atoms with Crippen LogP contribution in [0.25, 0.3) is 33.2 Å². The third-order valence-corrected chi connectivity index (χ3v) is 3.58. The third kappa shape index (κ3) is 1.97. The van der Waals surface area contributed by atoms with E-state index >= 15 is 0 Å². The molecule has 102 valence electrons. The number of aliphatic hydroxyl groups excluding tert-OH is 1. The Hall–Kier alpha value is -2.72. The Labute approximate surface area is 120 Å². The Bertz CT molecular complexity index is 911. The van der Waals surface area contributed by atoms with Gasteiger partial charge in [0.2, 0.25) is 0 Å². The van der Waals surface area contributed by atoms with E-state index in [2.05, 4.69) is 10.2 Å². The van der Waals surface area contributed by atoms with Crippen molar-refractivity contribution in [2.24, 2.45) is 0 Å². The number of rotatable bonds is 2. The van der Waals surface area contributed by atoms with E-state index in [-0.39, 0.29) is 6.61 Å². The van der Waals surface area contributed by atoms with Gasteiger partial charge in [0.05, 0.1) is 18.3 Å². The summed E-state index contributed by atoms with van der Waals surface area (Å²) in [5.41, 5.74) is 3.35. The molecule has 0 atom stereocenters. The summed E-state index contributed by atoms with van der Waals surface area (Å²) in [6, 6.07) is 15.5. The predicted octanol–water partition coefficient (Wildman–Crippen LogP) is 3.54. The minimum absolute atomic E-state index is 0.00215. The van der Waals surface area contributed by atoms with Crippen molar-refractivity contribution in [3.8, 4) is 11.3 Å². The molecule has 0 unspecified atom stereocenters. The molecule has 0 aliphatic rings. The molecule has 2 aromatic carbocycles. The molecule has 0 aliphatic heterocycles. The van der Waals surface area contributed by atoms with Crippen molar-refractivity contribution in [2.75, 3.05) is 0 Å². The average Bonchev–Trinajstić information content (AvgIpc) is 2.97. The summed E-state index contributed by atoms with van der Waals surface area (Å²) in [7, 11) is 0. The van der Waals surface area contributed by atoms with Gasteiger partial charge in [0.25, 0.3) is 0 Å². The van der Waals surface area contributed by atoms with Gasteiger partial charge >= 0.3 is 0 Å². The molecule has 0 spiro atoms. The number of furan rings is 1. The molecule has 4 rings (SSSR count). The quantitative estimate of drug-likeness (QED) is 0.608. The van der Waals surface area contributed by atoms with Gasteiger partial charge in [-0.05, 0) is 29.8 Å². The molecule has 1 N–H and O–H groups in total. The fourth-order valence-corrected chi connectivity index (χ4v) is 2.51. The molecule has 4 aromatic rings. The van der Waals surface area contributed by atoms with Gasteiger partial charge in [0.15, 0.2) is 0 Å². The Kier molecular flexibility index (Phi) is 2.69. The van der Waals surface area contributed by atoms with Gasteiger partial charge in [0.1, 0.15) is 11.3 Å². The Morgan fingerprint density at radius 2 is 1.95 bits per heavy atom. The first-order valence-electron chi connectivity index (χ1n) is 6.69. The highest BCUT2D eigenvalue weighted by molar-refractivity contribution is 5.95. The second-order valence-electron chi connectivity index (χ2n) is 4.92. The molecule has 0 saturated heterocycles. The molecule has 2 aromatic heterocycles. The van der Waals surface area contributed by atoms with Crippen molar-refractivity contribution < 1.29 is 9.52 Å². The van der Waals surface area contributed by atoms with Crippen molar-refractivity contribution in [1.82, 2.24) is 10.2 Å². The van der Waals surface area contributed by atoms with Crippen molar-refractivity contribution in [3.05, 3.63) is 60.3 Å². The Morgan fingerprint density at radius 1 is 1.05 bits per heavy atom. The van der Waals surface area contributed by atoms with Crippen molar-refractivity contribution in [2.45, 2.75) is 6.61 Å². The molecule has 2 heterocycles. The number of benzene rings is 2. The molecule has 0 saturated carbocycles. The first-order chi connectivity index (χ1) is 10.3. The summed E-state index contributed by atoms with van der Waals surface area (Å²) in [4.78, 5) is 0. The van der Waals surface area contributed by atoms with Gasteiger partial charge < -0.3 is 9.52 Å². The fourth-order valence-electron chi connectivity index (χ4n) is 2.51. The SMILES string of the molecule is OCc1ccc2nncc(-c3cc4ccccc4o3)c2c1. The van der Waals surface area contributed by atoms with E-state index < -0.39 is 0 Å². The topological polar surface area (TPSA) is 59.2 Å². The van der Waals surface area contributed by atoms with Crippen LogP contribution in [0.5, 0.6) is 0 Å². The lowest BCUT2D eigenvalue weighted by atomic mass is 10.1. The van der Waals surface area contributed by atoms with Gasteiger partial charge in [-0.25, -0.2) is 0 Å². The maximum atomic E-state index is 9.31. The van der Waals surface area contributed by atoms with Crippen LogP contribution in [0.2, 0.25) is 0 Å². The smallest absolute Gasteiger partial charge is 0.137 e. The van der Waals surface area contributed by atoms with Crippen LogP contribution < -0.4 is 0 Å². The van der Waals surface area contributed by atoms with E-state index in [0.29, 0.717) is 0 Å². The molecule has 21 heavy (non-hydrogen) atoms. The first-order valence-corrected chi connectivity index (χ1v) is 6.69. The molecular formula is C17H12N2O2. The van der Waals surface area contributed by atoms with Crippen LogP contribution in [0.15, 0.2) is 59.1 Å². The van der Waals surface area contributed by atoms with Crippen molar-refractivity contribution >= 4 is 21.9 Å². The van der Waals surface area contributed by atoms with E-state index in [0.717, 1.165) is 38.8 Å². The van der Waals surface area contributed by atoms with Crippen LogP contribution in [-0.4, -0.2) is 15.3 Å². The number of aromatic nitrogens is 2. The van der Waals surface area contributed by atoms with Crippen molar-refractivity contribution in [1.29, 1.82) is 0 Å². The third-order valence-electron chi connectivity index (χ3n) is 3.58. The minimum atomic E-state index is -0.00215. The molecule has 0 fully saturated rings. The number of aliphatic hydroxyl groups is 1. The average molecular weight is 276 g/mol. The molecule has 4 nitrogen and oxygen atoms in total. The van der Waals surface area contributed by atoms with Gasteiger partial charge in [-0.3, -0.25) is 0 Å². The zero-order chi connectivity index (χ0) is 14.2. The highest BCUT2D eigenvalue weighted by Crippen LogP contribution is 2.32. The number of hydrogen-bond acceptors (Lipinski definition) is 4. The summed E-state index contributed by atoms with van der Waals surface area (Å²) in [6.45, 7) is -0.00215. The highest BCUT2D eigenvalue weighted by Gasteiger charge is 2.11.